The van der Waals surface area contributed by atoms with Crippen molar-refractivity contribution in [2.75, 3.05) is 30.3 Å². The molecule has 4 aromatic heterocycles. The van der Waals surface area contributed by atoms with Crippen molar-refractivity contribution in [3.63, 3.8) is 0 Å². The standard InChI is InChI=1S/C36H36N8OS/c37-27-15-20-43(21-16-27)19-14-25-9-11-28(12-10-25)40-36-38-17-13-31(41-36)35-34(42-32-8-1-2-18-44(32)35)26-5-3-6-29(23-26)39-33(45)24-30-7-4-22-46-30/h1-13,17-18,22-23,27H,14-16,19-21,24,37H2,(H,39,45)(H,38,40,41). The molecule has 0 unspecified atom stereocenters. The van der Waals surface area contributed by atoms with Crippen molar-refractivity contribution in [2.45, 2.75) is 31.7 Å². The molecule has 1 amide bonds. The molecular weight excluding hydrogens is 593 g/mol. The van der Waals surface area contributed by atoms with E-state index in [9.17, 15) is 4.79 Å². The van der Waals surface area contributed by atoms with E-state index in [0.29, 0.717) is 18.4 Å². The van der Waals surface area contributed by atoms with Crippen molar-refractivity contribution in [2.24, 2.45) is 5.73 Å². The zero-order valence-electron chi connectivity index (χ0n) is 25.5. The number of carbonyl (C=O) groups is 1. The van der Waals surface area contributed by atoms with E-state index in [1.54, 1.807) is 17.5 Å². The number of imidazole rings is 1. The summed E-state index contributed by atoms with van der Waals surface area (Å²) < 4.78 is 2.04. The molecular formula is C36H36N8OS. The van der Waals surface area contributed by atoms with Crippen molar-refractivity contribution in [1.29, 1.82) is 0 Å². The number of nitrogens with one attached hydrogen (secondary N) is 2. The minimum Gasteiger partial charge on any atom is -0.328 e. The second-order valence-electron chi connectivity index (χ2n) is 11.6. The predicted octanol–water partition coefficient (Wildman–Crippen LogP) is 6.41. The first-order valence-electron chi connectivity index (χ1n) is 15.6. The van der Waals surface area contributed by atoms with Gasteiger partial charge in [-0.25, -0.2) is 15.0 Å². The third-order valence-corrected chi connectivity index (χ3v) is 9.20. The maximum Gasteiger partial charge on any atom is 0.229 e. The van der Waals surface area contributed by atoms with Crippen LogP contribution >= 0.6 is 11.3 Å². The van der Waals surface area contributed by atoms with Crippen molar-refractivity contribution in [3.8, 4) is 22.6 Å². The molecule has 0 bridgehead atoms. The van der Waals surface area contributed by atoms with Crippen LogP contribution in [0.4, 0.5) is 17.3 Å². The summed E-state index contributed by atoms with van der Waals surface area (Å²) in [7, 11) is 0. The van der Waals surface area contributed by atoms with E-state index < -0.39 is 0 Å². The zero-order valence-corrected chi connectivity index (χ0v) is 26.3. The summed E-state index contributed by atoms with van der Waals surface area (Å²) in [4.78, 5) is 30.7. The highest BCUT2D eigenvalue weighted by atomic mass is 32.1. The molecule has 4 N–H and O–H groups in total. The smallest absolute Gasteiger partial charge is 0.229 e. The summed E-state index contributed by atoms with van der Waals surface area (Å²) in [5, 5.41) is 8.40. The maximum atomic E-state index is 12.7. The lowest BCUT2D eigenvalue weighted by atomic mass is 10.1. The van der Waals surface area contributed by atoms with E-state index in [1.165, 1.54) is 5.56 Å². The van der Waals surface area contributed by atoms with Crippen molar-refractivity contribution >= 4 is 40.2 Å². The van der Waals surface area contributed by atoms with Gasteiger partial charge in [0.15, 0.2) is 0 Å². The largest absolute Gasteiger partial charge is 0.328 e. The third kappa shape index (κ3) is 6.99. The number of pyridine rings is 1. The fourth-order valence-electron chi connectivity index (χ4n) is 5.86. The summed E-state index contributed by atoms with van der Waals surface area (Å²) in [6.07, 6.45) is 7.27. The zero-order chi connectivity index (χ0) is 31.3. The SMILES string of the molecule is NC1CCN(CCc2ccc(Nc3nccc(-c4c(-c5cccc(NC(=O)Cc6cccs6)c5)nc5ccccn45)n3)cc2)CC1. The molecule has 6 aromatic rings. The minimum atomic E-state index is -0.0541. The van der Waals surface area contributed by atoms with Gasteiger partial charge in [-0.15, -0.1) is 11.3 Å². The van der Waals surface area contributed by atoms with Crippen LogP contribution in [0.3, 0.4) is 0 Å². The Kier molecular flexibility index (Phi) is 8.82. The Balaban J connectivity index is 1.10. The molecule has 1 aliphatic rings. The molecule has 7 rings (SSSR count). The van der Waals surface area contributed by atoms with Crippen molar-refractivity contribution < 1.29 is 4.79 Å². The quantitative estimate of drug-likeness (QED) is 0.161. The second-order valence-corrected chi connectivity index (χ2v) is 12.7. The Morgan fingerprint density at radius 1 is 0.935 bits per heavy atom. The highest BCUT2D eigenvalue weighted by Crippen LogP contribution is 2.33. The molecule has 10 heteroatoms. The minimum absolute atomic E-state index is 0.0541. The molecule has 1 fully saturated rings. The van der Waals surface area contributed by atoms with Gasteiger partial charge in [-0.2, -0.15) is 0 Å². The average Bonchev–Trinajstić information content (AvgIpc) is 3.73. The number of hydrogen-bond acceptors (Lipinski definition) is 8. The number of amides is 1. The van der Waals surface area contributed by atoms with Gasteiger partial charge in [0, 0.05) is 46.8 Å². The number of carbonyl (C=O) groups excluding carboxylic acids is 1. The van der Waals surface area contributed by atoms with Crippen LogP contribution in [0.2, 0.25) is 0 Å². The van der Waals surface area contributed by atoms with Gasteiger partial charge >= 0.3 is 0 Å². The number of anilines is 3. The topological polar surface area (TPSA) is 113 Å². The van der Waals surface area contributed by atoms with Crippen molar-refractivity contribution in [3.05, 3.63) is 113 Å². The van der Waals surface area contributed by atoms with Gasteiger partial charge in [0.2, 0.25) is 11.9 Å². The van der Waals surface area contributed by atoms with Crippen LogP contribution in [0.15, 0.2) is 103 Å². The second kappa shape index (κ2) is 13.6. The molecule has 1 aliphatic heterocycles. The lowest BCUT2D eigenvalue weighted by Crippen LogP contribution is -2.40. The number of thiophene rings is 1. The molecule has 46 heavy (non-hydrogen) atoms. The lowest BCUT2D eigenvalue weighted by molar-refractivity contribution is -0.115. The molecule has 1 saturated heterocycles. The third-order valence-electron chi connectivity index (χ3n) is 8.32. The first-order chi connectivity index (χ1) is 22.6. The van der Waals surface area contributed by atoms with Crippen LogP contribution in [-0.4, -0.2) is 55.8 Å². The fourth-order valence-corrected chi connectivity index (χ4v) is 6.56. The van der Waals surface area contributed by atoms with E-state index in [4.69, 9.17) is 15.7 Å². The van der Waals surface area contributed by atoms with Gasteiger partial charge in [-0.1, -0.05) is 36.4 Å². The number of piperidine rings is 1. The van der Waals surface area contributed by atoms with E-state index in [1.807, 2.05) is 76.6 Å². The molecule has 0 saturated carbocycles. The number of fused-ring (bicyclic) bond motifs is 1. The van der Waals surface area contributed by atoms with Crippen LogP contribution in [0.1, 0.15) is 23.3 Å². The fraction of sp³-hybridized carbons (Fsp3) is 0.222. The lowest BCUT2D eigenvalue weighted by Gasteiger charge is -2.29. The van der Waals surface area contributed by atoms with Gasteiger partial charge < -0.3 is 21.3 Å². The number of likely N-dealkylation sites (tertiary alicyclic amines) is 1. The molecule has 9 nitrogen and oxygen atoms in total. The van der Waals surface area contributed by atoms with Gasteiger partial charge in [0.05, 0.1) is 23.5 Å². The van der Waals surface area contributed by atoms with Crippen LogP contribution in [-0.2, 0) is 17.6 Å². The summed E-state index contributed by atoms with van der Waals surface area (Å²) in [6, 6.07) is 28.4. The molecule has 0 aliphatic carbocycles. The Labute approximate surface area is 272 Å². The first-order valence-corrected chi connectivity index (χ1v) is 16.5. The van der Waals surface area contributed by atoms with Crippen LogP contribution in [0.25, 0.3) is 28.3 Å². The van der Waals surface area contributed by atoms with Gasteiger partial charge in [0.25, 0.3) is 0 Å². The van der Waals surface area contributed by atoms with E-state index >= 15 is 0 Å². The predicted molar refractivity (Wildman–Crippen MR) is 185 cm³/mol. The number of nitrogens with zero attached hydrogens (tertiary/aromatic N) is 5. The van der Waals surface area contributed by atoms with Gasteiger partial charge in [-0.3, -0.25) is 9.20 Å². The highest BCUT2D eigenvalue weighted by Gasteiger charge is 2.19. The van der Waals surface area contributed by atoms with E-state index in [2.05, 4.69) is 44.8 Å². The van der Waals surface area contributed by atoms with Gasteiger partial charge in [-0.05, 0) is 91.8 Å². The molecule has 232 valence electrons. The average molecular weight is 629 g/mol. The Morgan fingerprint density at radius 2 is 1.80 bits per heavy atom. The summed E-state index contributed by atoms with van der Waals surface area (Å²) in [6.45, 7) is 3.22. The molecule has 0 spiro atoms. The number of rotatable bonds is 10. The van der Waals surface area contributed by atoms with Crippen LogP contribution < -0.4 is 16.4 Å². The monoisotopic (exact) mass is 628 g/mol. The molecule has 0 radical (unpaired) electrons. The van der Waals surface area contributed by atoms with E-state index in [-0.39, 0.29) is 5.91 Å². The van der Waals surface area contributed by atoms with Gasteiger partial charge in [0.1, 0.15) is 5.65 Å². The highest BCUT2D eigenvalue weighted by molar-refractivity contribution is 7.10. The number of benzene rings is 2. The summed E-state index contributed by atoms with van der Waals surface area (Å²) in [5.74, 6) is 0.447. The Hall–Kier alpha value is -4.90. The Bertz CT molecular complexity index is 1930. The van der Waals surface area contributed by atoms with Crippen molar-refractivity contribution in [1.82, 2.24) is 24.3 Å². The molecule has 5 heterocycles. The normalized spacial score (nSPS) is 14.0. The first kappa shape index (κ1) is 29.8. The molecule has 0 atom stereocenters. The number of hydrogen-bond donors (Lipinski definition) is 3. The van der Waals surface area contributed by atoms with E-state index in [0.717, 1.165) is 83.4 Å². The summed E-state index contributed by atoms with van der Waals surface area (Å²) >= 11 is 1.58. The summed E-state index contributed by atoms with van der Waals surface area (Å²) in [5.41, 5.74) is 13.0. The van der Waals surface area contributed by atoms with Crippen LogP contribution in [0.5, 0.6) is 0 Å². The maximum absolute atomic E-state index is 12.7. The Morgan fingerprint density at radius 3 is 2.63 bits per heavy atom. The molecule has 2 aromatic carbocycles. The number of nitrogens with two attached hydrogens (primary N) is 1. The number of aromatic nitrogens is 4. The van der Waals surface area contributed by atoms with Crippen LogP contribution in [0, 0.1) is 0 Å².